The third-order valence-electron chi connectivity index (χ3n) is 4.83. The molecular formula is C17H22ClNO2. The summed E-state index contributed by atoms with van der Waals surface area (Å²) in [5, 5.41) is 0.737. The summed E-state index contributed by atoms with van der Waals surface area (Å²) in [6.07, 6.45) is 5.93. The number of carbonyl (C=O) groups is 1. The monoisotopic (exact) mass is 307 g/mol. The Morgan fingerprint density at radius 1 is 1.33 bits per heavy atom. The molecule has 1 aromatic carbocycles. The lowest BCUT2D eigenvalue weighted by Gasteiger charge is -2.38. The summed E-state index contributed by atoms with van der Waals surface area (Å²) in [6.45, 7) is 0. The number of halogens is 1. The van der Waals surface area contributed by atoms with Gasteiger partial charge in [0.1, 0.15) is 0 Å². The molecule has 3 nitrogen and oxygen atoms in total. The summed E-state index contributed by atoms with van der Waals surface area (Å²) in [4.78, 5) is 14.7. The number of fused-ring (bicyclic) bond motifs is 2. The van der Waals surface area contributed by atoms with Gasteiger partial charge in [-0.1, -0.05) is 23.7 Å². The van der Waals surface area contributed by atoms with Crippen LogP contribution in [-0.4, -0.2) is 36.1 Å². The molecule has 1 amide bonds. The maximum Gasteiger partial charge on any atom is 0.223 e. The average Bonchev–Trinajstić information content (AvgIpc) is 2.75. The van der Waals surface area contributed by atoms with Gasteiger partial charge in [-0.15, -0.1) is 0 Å². The lowest BCUT2D eigenvalue weighted by molar-refractivity contribution is -0.137. The molecule has 0 saturated carbocycles. The summed E-state index contributed by atoms with van der Waals surface area (Å²) in [5.74, 6) is 0.289. The molecule has 0 N–H and O–H groups in total. The number of nitrogens with zero attached hydrogens (tertiary/aromatic N) is 1. The molecule has 3 rings (SSSR count). The van der Waals surface area contributed by atoms with Crippen LogP contribution < -0.4 is 0 Å². The van der Waals surface area contributed by atoms with E-state index < -0.39 is 0 Å². The lowest BCUT2D eigenvalue weighted by Crippen LogP contribution is -2.48. The second kappa shape index (κ2) is 6.37. The Labute approximate surface area is 131 Å². The van der Waals surface area contributed by atoms with Crippen LogP contribution >= 0.6 is 11.6 Å². The van der Waals surface area contributed by atoms with Gasteiger partial charge in [0.15, 0.2) is 0 Å². The maximum atomic E-state index is 12.6. The molecule has 2 heterocycles. The molecule has 0 spiro atoms. The molecule has 4 heteroatoms. The Bertz CT molecular complexity index is 505. The number of ether oxygens (including phenoxy) is 1. The molecule has 2 fully saturated rings. The second-order valence-corrected chi connectivity index (χ2v) is 6.58. The zero-order valence-electron chi connectivity index (χ0n) is 12.4. The molecule has 2 unspecified atom stereocenters. The van der Waals surface area contributed by atoms with Crippen molar-refractivity contribution in [1.82, 2.24) is 4.90 Å². The third kappa shape index (κ3) is 3.24. The van der Waals surface area contributed by atoms with E-state index in [-0.39, 0.29) is 5.91 Å². The van der Waals surface area contributed by atoms with Gasteiger partial charge in [0.25, 0.3) is 0 Å². The van der Waals surface area contributed by atoms with Crippen molar-refractivity contribution in [2.75, 3.05) is 7.11 Å². The van der Waals surface area contributed by atoms with Crippen molar-refractivity contribution < 1.29 is 9.53 Å². The number of hydrogen-bond donors (Lipinski definition) is 0. The summed E-state index contributed by atoms with van der Waals surface area (Å²) in [6, 6.07) is 8.56. The summed E-state index contributed by atoms with van der Waals surface area (Å²) >= 11 is 5.99. The largest absolute Gasteiger partial charge is 0.381 e. The van der Waals surface area contributed by atoms with Gasteiger partial charge in [-0.2, -0.15) is 0 Å². The van der Waals surface area contributed by atoms with Crippen molar-refractivity contribution in [3.05, 3.63) is 34.9 Å². The molecule has 1 aromatic rings. The normalized spacial score (nSPS) is 27.9. The van der Waals surface area contributed by atoms with Crippen LogP contribution in [0.2, 0.25) is 5.02 Å². The maximum absolute atomic E-state index is 12.6. The van der Waals surface area contributed by atoms with Crippen molar-refractivity contribution in [3.8, 4) is 0 Å². The van der Waals surface area contributed by atoms with E-state index in [1.54, 1.807) is 7.11 Å². The molecule has 2 aliphatic rings. The fourth-order valence-corrected chi connectivity index (χ4v) is 4.01. The summed E-state index contributed by atoms with van der Waals surface area (Å²) < 4.78 is 5.49. The van der Waals surface area contributed by atoms with Crippen molar-refractivity contribution >= 4 is 17.5 Å². The molecule has 0 aromatic heterocycles. The predicted octanol–water partition coefficient (Wildman–Crippen LogP) is 3.44. The topological polar surface area (TPSA) is 29.5 Å². The Balaban J connectivity index is 1.59. The van der Waals surface area contributed by atoms with E-state index >= 15 is 0 Å². The van der Waals surface area contributed by atoms with Gasteiger partial charge in [0.05, 0.1) is 6.10 Å². The minimum atomic E-state index is 0.289. The van der Waals surface area contributed by atoms with Gasteiger partial charge < -0.3 is 9.64 Å². The SMILES string of the molecule is COC1CC2CCC(C1)N2C(=O)CCc1cccc(Cl)c1. The first kappa shape index (κ1) is 14.9. The summed E-state index contributed by atoms with van der Waals surface area (Å²) in [5.41, 5.74) is 1.13. The standard InChI is InChI=1S/C17H22ClNO2/c1-21-16-10-14-6-7-15(11-16)19(14)17(20)8-5-12-3-2-4-13(18)9-12/h2-4,9,14-16H,5-8,10-11H2,1H3. The van der Waals surface area contributed by atoms with Crippen LogP contribution in [-0.2, 0) is 16.0 Å². The van der Waals surface area contributed by atoms with Crippen molar-refractivity contribution in [2.45, 2.75) is 56.7 Å². The molecule has 2 atom stereocenters. The van der Waals surface area contributed by atoms with Crippen LogP contribution in [0.1, 0.15) is 37.7 Å². The van der Waals surface area contributed by atoms with Crippen LogP contribution in [0, 0.1) is 0 Å². The number of aryl methyl sites for hydroxylation is 1. The number of carbonyl (C=O) groups excluding carboxylic acids is 1. The number of amides is 1. The van der Waals surface area contributed by atoms with E-state index in [4.69, 9.17) is 16.3 Å². The van der Waals surface area contributed by atoms with Crippen LogP contribution in [0.4, 0.5) is 0 Å². The van der Waals surface area contributed by atoms with E-state index in [1.807, 2.05) is 24.3 Å². The first-order valence-electron chi connectivity index (χ1n) is 7.76. The van der Waals surface area contributed by atoms with Crippen molar-refractivity contribution in [1.29, 1.82) is 0 Å². The van der Waals surface area contributed by atoms with Gasteiger partial charge in [0.2, 0.25) is 5.91 Å². The Morgan fingerprint density at radius 2 is 2.05 bits per heavy atom. The van der Waals surface area contributed by atoms with Gasteiger partial charge >= 0.3 is 0 Å². The van der Waals surface area contributed by atoms with Gasteiger partial charge in [-0.05, 0) is 49.8 Å². The minimum Gasteiger partial charge on any atom is -0.381 e. The lowest BCUT2D eigenvalue weighted by atomic mass is 9.98. The number of benzene rings is 1. The van der Waals surface area contributed by atoms with E-state index in [0.29, 0.717) is 24.6 Å². The van der Waals surface area contributed by atoms with Crippen LogP contribution in [0.5, 0.6) is 0 Å². The third-order valence-corrected chi connectivity index (χ3v) is 5.06. The first-order valence-corrected chi connectivity index (χ1v) is 8.13. The van der Waals surface area contributed by atoms with Gasteiger partial charge in [-0.25, -0.2) is 0 Å². The smallest absolute Gasteiger partial charge is 0.223 e. The first-order chi connectivity index (χ1) is 10.2. The number of methoxy groups -OCH3 is 1. The molecule has 0 radical (unpaired) electrons. The quantitative estimate of drug-likeness (QED) is 0.853. The highest BCUT2D eigenvalue weighted by Crippen LogP contribution is 2.37. The number of rotatable bonds is 4. The van der Waals surface area contributed by atoms with Gasteiger partial charge in [-0.3, -0.25) is 4.79 Å². The number of hydrogen-bond acceptors (Lipinski definition) is 2. The van der Waals surface area contributed by atoms with Crippen LogP contribution in [0.3, 0.4) is 0 Å². The molecule has 2 bridgehead atoms. The molecule has 21 heavy (non-hydrogen) atoms. The van der Waals surface area contributed by atoms with E-state index in [2.05, 4.69) is 4.90 Å². The molecular weight excluding hydrogens is 286 g/mol. The van der Waals surface area contributed by atoms with E-state index in [0.717, 1.165) is 42.7 Å². The highest BCUT2D eigenvalue weighted by molar-refractivity contribution is 6.30. The highest BCUT2D eigenvalue weighted by atomic mass is 35.5. The van der Waals surface area contributed by atoms with Crippen molar-refractivity contribution in [2.24, 2.45) is 0 Å². The second-order valence-electron chi connectivity index (χ2n) is 6.15. The number of piperidine rings is 1. The summed E-state index contributed by atoms with van der Waals surface area (Å²) in [7, 11) is 1.78. The molecule has 2 aliphatic heterocycles. The molecule has 2 saturated heterocycles. The fourth-order valence-electron chi connectivity index (χ4n) is 3.80. The average molecular weight is 308 g/mol. The fraction of sp³-hybridized carbons (Fsp3) is 0.588. The van der Waals surface area contributed by atoms with E-state index in [1.165, 1.54) is 0 Å². The van der Waals surface area contributed by atoms with Gasteiger partial charge in [0, 0.05) is 30.6 Å². The Hall–Kier alpha value is -1.06. The van der Waals surface area contributed by atoms with E-state index in [9.17, 15) is 4.79 Å². The molecule has 0 aliphatic carbocycles. The Kier molecular flexibility index (Phi) is 4.51. The molecule has 114 valence electrons. The zero-order valence-corrected chi connectivity index (χ0v) is 13.2. The van der Waals surface area contributed by atoms with Crippen LogP contribution in [0.15, 0.2) is 24.3 Å². The van der Waals surface area contributed by atoms with Crippen LogP contribution in [0.25, 0.3) is 0 Å². The highest BCUT2D eigenvalue weighted by Gasteiger charge is 2.42. The Morgan fingerprint density at radius 3 is 2.67 bits per heavy atom. The zero-order chi connectivity index (χ0) is 14.8. The predicted molar refractivity (Wildman–Crippen MR) is 83.5 cm³/mol. The minimum absolute atomic E-state index is 0.289. The van der Waals surface area contributed by atoms with Crippen molar-refractivity contribution in [3.63, 3.8) is 0 Å².